The molecule has 0 amide bonds. The fraction of sp³-hybridized carbons (Fsp3) is 0.375. The van der Waals surface area contributed by atoms with E-state index in [1.807, 2.05) is 0 Å². The van der Waals surface area contributed by atoms with Gasteiger partial charge in [-0.25, -0.2) is 19.3 Å². The van der Waals surface area contributed by atoms with Crippen LogP contribution in [0.3, 0.4) is 0 Å². The molecule has 8 heteroatoms. The average Bonchev–Trinajstić information content (AvgIpc) is 2.79. The number of halogens is 4. The maximum atomic E-state index is 13.2. The number of alkyl halides is 3. The molecule has 1 aromatic heterocycles. The third-order valence-electron chi connectivity index (χ3n) is 5.55. The zero-order chi connectivity index (χ0) is 22.6. The monoisotopic (exact) mass is 444 g/mol. The van der Waals surface area contributed by atoms with Crippen molar-refractivity contribution in [3.8, 4) is 11.4 Å². The third kappa shape index (κ3) is 5.88. The van der Waals surface area contributed by atoms with Crippen LogP contribution in [0.25, 0.3) is 11.4 Å². The van der Waals surface area contributed by atoms with E-state index in [9.17, 15) is 17.6 Å². The summed E-state index contributed by atoms with van der Waals surface area (Å²) in [7, 11) is 0. The van der Waals surface area contributed by atoms with E-state index in [2.05, 4.69) is 19.9 Å². The summed E-state index contributed by atoms with van der Waals surface area (Å²) in [5.41, 5.74) is 0.363. The quantitative estimate of drug-likeness (QED) is 0.483. The summed E-state index contributed by atoms with van der Waals surface area (Å²) in [6, 6.07) is 11.0. The lowest BCUT2D eigenvalue weighted by molar-refractivity contribution is -0.137. The van der Waals surface area contributed by atoms with Crippen molar-refractivity contribution in [1.29, 1.82) is 0 Å². The van der Waals surface area contributed by atoms with Gasteiger partial charge in [-0.1, -0.05) is 30.7 Å². The lowest BCUT2D eigenvalue weighted by Gasteiger charge is -2.26. The van der Waals surface area contributed by atoms with Gasteiger partial charge in [0, 0.05) is 24.9 Å². The fourth-order valence-electron chi connectivity index (χ4n) is 3.85. The van der Waals surface area contributed by atoms with E-state index in [1.54, 1.807) is 18.2 Å². The van der Waals surface area contributed by atoms with Crippen LogP contribution in [0.1, 0.15) is 42.0 Å². The molecule has 0 radical (unpaired) electrons. The van der Waals surface area contributed by atoms with Gasteiger partial charge in [0.1, 0.15) is 17.5 Å². The number of aromatic nitrogens is 3. The molecule has 1 saturated heterocycles. The molecule has 0 bridgehead atoms. The second-order valence-corrected chi connectivity index (χ2v) is 8.03. The molecule has 0 N–H and O–H groups in total. The smallest absolute Gasteiger partial charge is 0.303 e. The van der Waals surface area contributed by atoms with Crippen molar-refractivity contribution in [2.75, 3.05) is 19.6 Å². The van der Waals surface area contributed by atoms with Crippen molar-refractivity contribution < 1.29 is 17.6 Å². The van der Waals surface area contributed by atoms with E-state index >= 15 is 0 Å². The van der Waals surface area contributed by atoms with Crippen LogP contribution in [0.2, 0.25) is 0 Å². The van der Waals surface area contributed by atoms with Crippen LogP contribution in [0.4, 0.5) is 17.6 Å². The Morgan fingerprint density at radius 1 is 0.844 bits per heavy atom. The Labute approximate surface area is 184 Å². The van der Waals surface area contributed by atoms with Crippen molar-refractivity contribution in [2.24, 2.45) is 0 Å². The molecule has 2 heterocycles. The lowest BCUT2D eigenvalue weighted by atomic mass is 10.1. The van der Waals surface area contributed by atoms with Gasteiger partial charge in [-0.15, -0.1) is 0 Å². The molecule has 32 heavy (non-hydrogen) atoms. The van der Waals surface area contributed by atoms with Gasteiger partial charge in [0.25, 0.3) is 0 Å². The molecule has 3 aromatic rings. The first kappa shape index (κ1) is 22.3. The second-order valence-electron chi connectivity index (χ2n) is 8.03. The van der Waals surface area contributed by atoms with E-state index in [0.717, 1.165) is 37.3 Å². The molecule has 0 aliphatic carbocycles. The molecule has 4 rings (SSSR count). The van der Waals surface area contributed by atoms with E-state index in [0.29, 0.717) is 30.1 Å². The molecule has 0 saturated carbocycles. The molecular formula is C24H24F4N4. The van der Waals surface area contributed by atoms with Gasteiger partial charge >= 0.3 is 6.18 Å². The molecule has 0 unspecified atom stereocenters. The van der Waals surface area contributed by atoms with Crippen molar-refractivity contribution in [1.82, 2.24) is 19.9 Å². The summed E-state index contributed by atoms with van der Waals surface area (Å²) in [5.74, 6) is 0.885. The zero-order valence-corrected chi connectivity index (χ0v) is 17.6. The number of hydrogen-bond acceptors (Lipinski definition) is 4. The summed E-state index contributed by atoms with van der Waals surface area (Å²) >= 11 is 0. The van der Waals surface area contributed by atoms with Gasteiger partial charge in [0.05, 0.1) is 5.56 Å². The van der Waals surface area contributed by atoms with Crippen LogP contribution in [0.15, 0.2) is 48.5 Å². The largest absolute Gasteiger partial charge is 0.416 e. The number of hydrogen-bond donors (Lipinski definition) is 0. The maximum absolute atomic E-state index is 13.2. The van der Waals surface area contributed by atoms with Gasteiger partial charge in [0.15, 0.2) is 5.82 Å². The van der Waals surface area contributed by atoms with E-state index < -0.39 is 11.7 Å². The van der Waals surface area contributed by atoms with Crippen LogP contribution in [0, 0.1) is 5.82 Å². The third-order valence-corrected chi connectivity index (χ3v) is 5.55. The molecule has 1 aliphatic heterocycles. The molecule has 168 valence electrons. The highest BCUT2D eigenvalue weighted by Crippen LogP contribution is 2.31. The molecule has 1 fully saturated rings. The number of rotatable bonds is 6. The van der Waals surface area contributed by atoms with Crippen molar-refractivity contribution in [2.45, 2.75) is 38.3 Å². The van der Waals surface area contributed by atoms with Gasteiger partial charge in [-0.2, -0.15) is 13.2 Å². The predicted octanol–water partition coefficient (Wildman–Crippen LogP) is 5.32. The minimum Gasteiger partial charge on any atom is -0.303 e. The normalized spacial score (nSPS) is 15.1. The Balaban J connectivity index is 1.64. The number of benzene rings is 2. The molecule has 2 aromatic carbocycles. The summed E-state index contributed by atoms with van der Waals surface area (Å²) in [5, 5.41) is 0. The summed E-state index contributed by atoms with van der Waals surface area (Å²) in [4.78, 5) is 15.9. The average molecular weight is 444 g/mol. The fourth-order valence-corrected chi connectivity index (χ4v) is 3.85. The van der Waals surface area contributed by atoms with Crippen molar-refractivity contribution >= 4 is 0 Å². The minimum absolute atomic E-state index is 0.219. The first-order valence-corrected chi connectivity index (χ1v) is 10.7. The molecular weight excluding hydrogens is 420 g/mol. The number of likely N-dealkylation sites (tertiary alicyclic amines) is 1. The van der Waals surface area contributed by atoms with Crippen LogP contribution in [-0.2, 0) is 19.0 Å². The van der Waals surface area contributed by atoms with E-state index in [4.69, 9.17) is 0 Å². The zero-order valence-electron chi connectivity index (χ0n) is 17.6. The standard InChI is InChI=1S/C24H24F4N4/c25-20-9-7-17(8-10-20)15-22-29-21(11-14-32-12-2-1-3-13-32)30-23(31-22)18-5-4-6-19(16-18)24(26,27)28/h4-10,16H,1-3,11-15H2. The number of nitrogens with zero attached hydrogens (tertiary/aromatic N) is 4. The maximum Gasteiger partial charge on any atom is 0.416 e. The first-order chi connectivity index (χ1) is 15.4. The SMILES string of the molecule is Fc1ccc(Cc2nc(CCN3CCCCC3)nc(-c3cccc(C(F)(F)F)c3)n2)cc1. The van der Waals surface area contributed by atoms with Crippen LogP contribution >= 0.6 is 0 Å². The summed E-state index contributed by atoms with van der Waals surface area (Å²) in [6.45, 7) is 2.87. The van der Waals surface area contributed by atoms with Gasteiger partial charge in [0.2, 0.25) is 0 Å². The van der Waals surface area contributed by atoms with Crippen LogP contribution in [0.5, 0.6) is 0 Å². The van der Waals surface area contributed by atoms with E-state index in [-0.39, 0.29) is 11.6 Å². The Morgan fingerprint density at radius 3 is 2.28 bits per heavy atom. The highest BCUT2D eigenvalue weighted by atomic mass is 19.4. The predicted molar refractivity (Wildman–Crippen MR) is 113 cm³/mol. The first-order valence-electron chi connectivity index (χ1n) is 10.7. The van der Waals surface area contributed by atoms with Crippen LogP contribution < -0.4 is 0 Å². The lowest BCUT2D eigenvalue weighted by Crippen LogP contribution is -2.31. The number of piperidine rings is 1. The Kier molecular flexibility index (Phi) is 6.79. The minimum atomic E-state index is -4.45. The van der Waals surface area contributed by atoms with Gasteiger partial charge in [-0.05, 0) is 55.8 Å². The second kappa shape index (κ2) is 9.73. The van der Waals surface area contributed by atoms with E-state index in [1.165, 1.54) is 37.5 Å². The molecule has 1 aliphatic rings. The Morgan fingerprint density at radius 2 is 1.56 bits per heavy atom. The molecule has 0 spiro atoms. The molecule has 0 atom stereocenters. The summed E-state index contributed by atoms with van der Waals surface area (Å²) < 4.78 is 52.8. The summed E-state index contributed by atoms with van der Waals surface area (Å²) in [6.07, 6.45) is 0.0578. The Hall–Kier alpha value is -2.87. The van der Waals surface area contributed by atoms with Gasteiger partial charge < -0.3 is 4.90 Å². The highest BCUT2D eigenvalue weighted by molar-refractivity contribution is 5.56. The molecule has 4 nitrogen and oxygen atoms in total. The Bertz CT molecular complexity index is 1040. The van der Waals surface area contributed by atoms with Crippen molar-refractivity contribution in [3.05, 3.63) is 77.1 Å². The topological polar surface area (TPSA) is 41.9 Å². The van der Waals surface area contributed by atoms with Gasteiger partial charge in [-0.3, -0.25) is 0 Å². The van der Waals surface area contributed by atoms with Crippen molar-refractivity contribution in [3.63, 3.8) is 0 Å². The van der Waals surface area contributed by atoms with Crippen LogP contribution in [-0.4, -0.2) is 39.5 Å². The highest BCUT2D eigenvalue weighted by Gasteiger charge is 2.30.